The number of hydrogen-bond acceptors (Lipinski definition) is 3. The van der Waals surface area contributed by atoms with Crippen LogP contribution < -0.4 is 0 Å². The van der Waals surface area contributed by atoms with Gasteiger partial charge in [-0.3, -0.25) is 0 Å². The van der Waals surface area contributed by atoms with Gasteiger partial charge < -0.3 is 0 Å². The Morgan fingerprint density at radius 3 is 1.56 bits per heavy atom. The molecule has 0 aromatic heterocycles. The normalized spacial score (nSPS) is 15.1. The van der Waals surface area contributed by atoms with Gasteiger partial charge in [-0.05, 0) is 0 Å². The van der Waals surface area contributed by atoms with E-state index in [4.69, 9.17) is 0 Å². The molecule has 104 valence electrons. The summed E-state index contributed by atoms with van der Waals surface area (Å²) in [5.74, 6) is -2.45. The van der Waals surface area contributed by atoms with Gasteiger partial charge in [-0.15, -0.1) is 0 Å². The molecular formula is C13H25BrN3P. The molecule has 18 heavy (non-hydrogen) atoms. The summed E-state index contributed by atoms with van der Waals surface area (Å²) in [4.78, 5) is 0. The number of rotatable bonds is 5. The summed E-state index contributed by atoms with van der Waals surface area (Å²) in [5, 5.41) is 0. The van der Waals surface area contributed by atoms with Crippen molar-refractivity contribution in [3.05, 3.63) is 35.9 Å². The second kappa shape index (κ2) is 5.56. The summed E-state index contributed by atoms with van der Waals surface area (Å²) < 4.78 is 7.00. The Kier molecular flexibility index (Phi) is 4.96. The fourth-order valence-electron chi connectivity index (χ4n) is 2.39. The zero-order valence-corrected chi connectivity index (χ0v) is 14.7. The van der Waals surface area contributed by atoms with Gasteiger partial charge in [-0.1, -0.05) is 0 Å². The molecule has 0 saturated carbocycles. The third-order valence-corrected chi connectivity index (χ3v) is 15.8. The molecule has 0 spiro atoms. The Morgan fingerprint density at radius 2 is 1.22 bits per heavy atom. The van der Waals surface area contributed by atoms with E-state index in [0.29, 0.717) is 0 Å². The number of hydrogen-bond donors (Lipinski definition) is 0. The SMILES string of the molecule is CN(C)P(Br)(Cc1ccccc1)(N(C)C)N(C)C. The van der Waals surface area contributed by atoms with E-state index in [9.17, 15) is 0 Å². The van der Waals surface area contributed by atoms with E-state index in [-0.39, 0.29) is 0 Å². The van der Waals surface area contributed by atoms with Gasteiger partial charge in [0.15, 0.2) is 0 Å². The maximum absolute atomic E-state index is 4.13. The summed E-state index contributed by atoms with van der Waals surface area (Å²) in [6.45, 7) is 0. The van der Waals surface area contributed by atoms with Gasteiger partial charge in [0.05, 0.1) is 0 Å². The minimum atomic E-state index is -2.45. The second-order valence-electron chi connectivity index (χ2n) is 5.22. The molecular weight excluding hydrogens is 309 g/mol. The van der Waals surface area contributed by atoms with Gasteiger partial charge in [0.2, 0.25) is 0 Å². The molecule has 0 radical (unpaired) electrons. The average molecular weight is 334 g/mol. The zero-order valence-electron chi connectivity index (χ0n) is 12.3. The van der Waals surface area contributed by atoms with Crippen LogP contribution in [-0.2, 0) is 6.16 Å². The predicted molar refractivity (Wildman–Crippen MR) is 87.1 cm³/mol. The van der Waals surface area contributed by atoms with E-state index in [1.54, 1.807) is 0 Å². The first-order chi connectivity index (χ1) is 8.23. The molecule has 0 heterocycles. The van der Waals surface area contributed by atoms with E-state index in [1.807, 2.05) is 0 Å². The van der Waals surface area contributed by atoms with Crippen LogP contribution in [0.5, 0.6) is 0 Å². The third-order valence-electron chi connectivity index (χ3n) is 3.67. The molecule has 0 N–H and O–H groups in total. The number of halogens is 1. The van der Waals surface area contributed by atoms with Gasteiger partial charge >= 0.3 is 120 Å². The molecule has 0 saturated heterocycles. The Hall–Kier alpha value is 0.01000. The first-order valence-electron chi connectivity index (χ1n) is 6.03. The molecule has 0 unspecified atom stereocenters. The molecule has 0 amide bonds. The molecule has 0 atom stereocenters. The topological polar surface area (TPSA) is 9.72 Å². The molecule has 0 aliphatic carbocycles. The predicted octanol–water partition coefficient (Wildman–Crippen LogP) is 3.48. The Balaban J connectivity index is 3.29. The molecule has 0 aliphatic rings. The van der Waals surface area contributed by atoms with E-state index < -0.39 is 5.76 Å². The van der Waals surface area contributed by atoms with E-state index in [0.717, 1.165) is 6.16 Å². The molecule has 5 heteroatoms. The molecule has 0 bridgehead atoms. The Morgan fingerprint density at radius 1 is 0.833 bits per heavy atom. The Bertz CT molecular complexity index is 368. The number of benzene rings is 1. The van der Waals surface area contributed by atoms with Gasteiger partial charge in [0.1, 0.15) is 0 Å². The standard InChI is InChI=1S/C13H25BrN3P/c1-15(2)18(14,16(3)4,17(5)6)12-13-10-8-7-9-11-13/h7-11H,12H2,1-6H3. The molecule has 1 aromatic rings. The quantitative estimate of drug-likeness (QED) is 0.764. The van der Waals surface area contributed by atoms with Crippen LogP contribution >= 0.6 is 21.2 Å². The van der Waals surface area contributed by atoms with Gasteiger partial charge in [0.25, 0.3) is 0 Å². The number of nitrogens with zero attached hydrogens (tertiary/aromatic N) is 3. The van der Waals surface area contributed by atoms with Crippen LogP contribution in [0.4, 0.5) is 0 Å². The van der Waals surface area contributed by atoms with Gasteiger partial charge in [0, 0.05) is 0 Å². The van der Waals surface area contributed by atoms with Crippen molar-refractivity contribution in [2.24, 2.45) is 0 Å². The molecule has 1 aromatic carbocycles. The van der Waals surface area contributed by atoms with Crippen molar-refractivity contribution in [2.75, 3.05) is 42.3 Å². The van der Waals surface area contributed by atoms with Crippen molar-refractivity contribution in [3.63, 3.8) is 0 Å². The monoisotopic (exact) mass is 333 g/mol. The molecule has 3 nitrogen and oxygen atoms in total. The van der Waals surface area contributed by atoms with Crippen molar-refractivity contribution in [1.82, 2.24) is 14.0 Å². The first-order valence-corrected chi connectivity index (χ1v) is 10.3. The summed E-state index contributed by atoms with van der Waals surface area (Å²) in [6.07, 6.45) is 0.986. The van der Waals surface area contributed by atoms with Crippen LogP contribution in [0.1, 0.15) is 5.56 Å². The van der Waals surface area contributed by atoms with Crippen LogP contribution in [0.2, 0.25) is 0 Å². The maximum atomic E-state index is 4.13. The summed E-state index contributed by atoms with van der Waals surface area (Å²) in [6, 6.07) is 10.7. The fourth-order valence-corrected chi connectivity index (χ4v) is 7.10. The van der Waals surface area contributed by atoms with Crippen molar-refractivity contribution >= 4 is 21.2 Å². The fraction of sp³-hybridized carbons (Fsp3) is 0.538. The summed E-state index contributed by atoms with van der Waals surface area (Å²) >= 11 is 4.13. The first kappa shape index (κ1) is 16.1. The van der Waals surface area contributed by atoms with Crippen molar-refractivity contribution in [2.45, 2.75) is 6.16 Å². The van der Waals surface area contributed by atoms with Crippen LogP contribution in [0, 0.1) is 0 Å². The molecule has 1 rings (SSSR count). The summed E-state index contributed by atoms with van der Waals surface area (Å²) in [7, 11) is 12.9. The molecule has 0 fully saturated rings. The van der Waals surface area contributed by atoms with E-state index >= 15 is 0 Å². The zero-order chi connectivity index (χ0) is 14.0. The van der Waals surface area contributed by atoms with Gasteiger partial charge in [-0.25, -0.2) is 0 Å². The van der Waals surface area contributed by atoms with Crippen molar-refractivity contribution < 1.29 is 0 Å². The average Bonchev–Trinajstić information content (AvgIpc) is 2.29. The molecule has 0 aliphatic heterocycles. The van der Waals surface area contributed by atoms with E-state index in [2.05, 4.69) is 102 Å². The van der Waals surface area contributed by atoms with Crippen LogP contribution in [0.15, 0.2) is 30.3 Å². The summed E-state index contributed by atoms with van der Waals surface area (Å²) in [5.41, 5.74) is 1.35. The third kappa shape index (κ3) is 2.50. The van der Waals surface area contributed by atoms with E-state index in [1.165, 1.54) is 5.56 Å². The Labute approximate surface area is 120 Å². The minimum absolute atomic E-state index is 0.986. The van der Waals surface area contributed by atoms with Crippen LogP contribution in [0.3, 0.4) is 0 Å². The van der Waals surface area contributed by atoms with Crippen molar-refractivity contribution in [3.8, 4) is 0 Å². The van der Waals surface area contributed by atoms with Crippen LogP contribution in [0.25, 0.3) is 0 Å². The van der Waals surface area contributed by atoms with Crippen molar-refractivity contribution in [1.29, 1.82) is 0 Å². The van der Waals surface area contributed by atoms with Gasteiger partial charge in [-0.2, -0.15) is 0 Å². The second-order valence-corrected chi connectivity index (χ2v) is 14.4. The van der Waals surface area contributed by atoms with Crippen LogP contribution in [-0.4, -0.2) is 56.3 Å².